The number of carbonyl (C=O) groups is 5. The number of unbranched alkanes of at least 4 members (excludes halogenated alkanes) is 1. The average molecular weight is 1070 g/mol. The van der Waals surface area contributed by atoms with E-state index < -0.39 is 35.6 Å². The molecule has 2 heterocycles. The van der Waals surface area contributed by atoms with E-state index in [1.165, 1.54) is 16.7 Å². The van der Waals surface area contributed by atoms with Gasteiger partial charge in [-0.05, 0) is 109 Å². The second-order valence-corrected chi connectivity index (χ2v) is 21.0. The van der Waals surface area contributed by atoms with Crippen LogP contribution in [-0.2, 0) is 4.79 Å². The number of nitrogens with one attached hydrogen (secondary N) is 1. The van der Waals surface area contributed by atoms with Gasteiger partial charge in [-0.1, -0.05) is 119 Å². The first-order chi connectivity index (χ1) is 39.3. The average Bonchev–Trinajstić information content (AvgIpc) is 1.94. The van der Waals surface area contributed by atoms with E-state index in [1.54, 1.807) is 48.5 Å². The summed E-state index contributed by atoms with van der Waals surface area (Å²) >= 11 is 0. The fourth-order valence-electron chi connectivity index (χ4n) is 11.3. The third-order valence-electron chi connectivity index (χ3n) is 15.1. The molecule has 400 valence electrons. The molecule has 13 heteroatoms. The highest BCUT2D eigenvalue weighted by Gasteiger charge is 2.43. The summed E-state index contributed by atoms with van der Waals surface area (Å²) in [7, 11) is 0. The molecule has 0 saturated carbocycles. The monoisotopic (exact) mass is 1070 g/mol. The molecule has 13 nitrogen and oxygen atoms in total. The number of rotatable bonds is 17. The van der Waals surface area contributed by atoms with Crippen LogP contribution in [0.4, 0.5) is 5.69 Å². The number of anilines is 1. The number of carbonyl (C=O) groups excluding carboxylic acids is 5. The van der Waals surface area contributed by atoms with Gasteiger partial charge in [-0.3, -0.25) is 28.9 Å². The Hall–Kier alpha value is -10.1. The third-order valence-corrected chi connectivity index (χ3v) is 15.1. The van der Waals surface area contributed by atoms with Crippen LogP contribution in [-0.4, -0.2) is 53.6 Å². The van der Waals surface area contributed by atoms with Crippen molar-refractivity contribution in [2.24, 2.45) is 0 Å². The second-order valence-electron chi connectivity index (χ2n) is 21.0. The van der Waals surface area contributed by atoms with Crippen LogP contribution >= 0.6 is 0 Å². The van der Waals surface area contributed by atoms with Gasteiger partial charge in [0.05, 0.1) is 27.9 Å². The van der Waals surface area contributed by atoms with Gasteiger partial charge in [0.15, 0.2) is 0 Å². The number of amides is 5. The largest absolute Gasteiger partial charge is 0.457 e. The molecule has 0 saturated heterocycles. The van der Waals surface area contributed by atoms with Gasteiger partial charge in [-0.2, -0.15) is 0 Å². The summed E-state index contributed by atoms with van der Waals surface area (Å²) in [5, 5.41) is 5.92. The van der Waals surface area contributed by atoms with Gasteiger partial charge in [-0.15, -0.1) is 0 Å². The van der Waals surface area contributed by atoms with Crippen LogP contribution in [0, 0.1) is 6.57 Å². The first-order valence-corrected chi connectivity index (χ1v) is 27.1. The molecule has 81 heavy (non-hydrogen) atoms. The molecule has 0 spiro atoms. The standard InChI is InChI=1S/C68H54N4O9/c1-38(2)45-30-21-31-46(39(3)4)63(45)72-67(76)49-36-53(80-43-26-15-9-16-27-43)59-57-51(78-41-22-11-7-12-23-41)34-47-55-48(66(75)71(65(47)74)33-20-19-32-70-64(73)40(5)69-6)35-52(79-42-24-13-8-14-25-42)58(61(55)57)60-54(81-44-28-17-10-18-29-44)37-50(68(72)77)56(49)62(59)60/h7-18,21-31,34-40H,19-20,32-33H2,1-5H3,(H,70,73)/t40-/m0/s1. The summed E-state index contributed by atoms with van der Waals surface area (Å²) in [4.78, 5) is 81.0. The summed E-state index contributed by atoms with van der Waals surface area (Å²) in [5.74, 6) is -0.161. The number of para-hydroxylation sites is 5. The molecule has 2 aliphatic heterocycles. The van der Waals surface area contributed by atoms with Gasteiger partial charge >= 0.3 is 5.91 Å². The Kier molecular flexibility index (Phi) is 13.4. The molecule has 5 amide bonds. The molecule has 12 rings (SSSR count). The van der Waals surface area contributed by atoms with Crippen molar-refractivity contribution in [3.05, 3.63) is 209 Å². The fraction of sp³-hybridized carbons (Fsp3) is 0.176. The number of hydrogen-bond acceptors (Lipinski definition) is 9. The van der Waals surface area contributed by atoms with Crippen LogP contribution in [0.2, 0.25) is 0 Å². The molecular weight excluding hydrogens is 1020 g/mol. The molecule has 10 aromatic carbocycles. The van der Waals surface area contributed by atoms with E-state index in [2.05, 4.69) is 10.2 Å². The van der Waals surface area contributed by atoms with Crippen molar-refractivity contribution in [1.29, 1.82) is 0 Å². The Labute approximate surface area is 467 Å². The maximum atomic E-state index is 16.0. The number of nitrogens with zero attached hydrogens (tertiary/aromatic N) is 3. The number of imide groups is 2. The SMILES string of the molecule is [C-]#[N+][C@@H](C)C(=O)NCCCCN1C(=O)c2cc(Oc3ccccc3)c3c4c(Oc5ccccc5)cc5c6c(cc(Oc7ccccc7)c(c7c(Oc8ccccc8)cc(c2c37)C1=O)c64)C(=O)N(c1c(C(C)C)cccc1C(C)C)C5=O. The number of ether oxygens (including phenoxy) is 4. The summed E-state index contributed by atoms with van der Waals surface area (Å²) in [6.45, 7) is 17.2. The van der Waals surface area contributed by atoms with Crippen LogP contribution in [0.15, 0.2) is 164 Å². The Bertz CT molecular complexity index is 4000. The lowest BCUT2D eigenvalue weighted by atomic mass is 9.80. The predicted octanol–water partition coefficient (Wildman–Crippen LogP) is 15.8. The normalized spacial score (nSPS) is 13.5. The Morgan fingerprint density at radius 3 is 1.14 bits per heavy atom. The van der Waals surface area contributed by atoms with Crippen LogP contribution in [0.3, 0.4) is 0 Å². The summed E-state index contributed by atoms with van der Waals surface area (Å²) < 4.78 is 28.2. The molecule has 0 radical (unpaired) electrons. The second kappa shape index (κ2) is 21.0. The van der Waals surface area contributed by atoms with Gasteiger partial charge < -0.3 is 29.1 Å². The fourth-order valence-corrected chi connectivity index (χ4v) is 11.3. The minimum atomic E-state index is -0.846. The minimum Gasteiger partial charge on any atom is -0.457 e. The molecule has 0 fully saturated rings. The van der Waals surface area contributed by atoms with Crippen molar-refractivity contribution in [2.75, 3.05) is 18.0 Å². The molecule has 2 aliphatic rings. The smallest absolute Gasteiger partial charge is 0.302 e. The summed E-state index contributed by atoms with van der Waals surface area (Å²) in [5.41, 5.74) is 2.93. The Balaban J connectivity index is 1.23. The van der Waals surface area contributed by atoms with Crippen molar-refractivity contribution in [3.63, 3.8) is 0 Å². The van der Waals surface area contributed by atoms with Gasteiger partial charge in [-0.25, -0.2) is 11.5 Å². The lowest BCUT2D eigenvalue weighted by Gasteiger charge is -2.34. The summed E-state index contributed by atoms with van der Waals surface area (Å²) in [6, 6.07) is 48.3. The molecule has 0 unspecified atom stereocenters. The molecule has 1 N–H and O–H groups in total. The van der Waals surface area contributed by atoms with Gasteiger partial charge in [0.1, 0.15) is 46.0 Å². The van der Waals surface area contributed by atoms with Gasteiger partial charge in [0.2, 0.25) is 0 Å². The van der Waals surface area contributed by atoms with Crippen molar-refractivity contribution in [3.8, 4) is 46.0 Å². The molecule has 0 aliphatic carbocycles. The van der Waals surface area contributed by atoms with E-state index in [1.807, 2.05) is 143 Å². The lowest BCUT2D eigenvalue weighted by Crippen LogP contribution is -2.42. The highest BCUT2D eigenvalue weighted by Crippen LogP contribution is 2.58. The highest BCUT2D eigenvalue weighted by molar-refractivity contribution is 6.46. The van der Waals surface area contributed by atoms with E-state index in [4.69, 9.17) is 25.5 Å². The maximum absolute atomic E-state index is 16.0. The first kappa shape index (κ1) is 51.7. The van der Waals surface area contributed by atoms with Gasteiger partial charge in [0.25, 0.3) is 29.7 Å². The first-order valence-electron chi connectivity index (χ1n) is 27.1. The number of benzene rings is 10. The van der Waals surface area contributed by atoms with Crippen LogP contribution in [0.1, 0.15) is 112 Å². The van der Waals surface area contributed by atoms with Crippen molar-refractivity contribution in [1.82, 2.24) is 10.2 Å². The highest BCUT2D eigenvalue weighted by atomic mass is 16.5. The Morgan fingerprint density at radius 2 is 0.802 bits per heavy atom. The van der Waals surface area contributed by atoms with Crippen molar-refractivity contribution >= 4 is 78.3 Å². The van der Waals surface area contributed by atoms with E-state index in [0.717, 1.165) is 11.1 Å². The van der Waals surface area contributed by atoms with E-state index in [0.29, 0.717) is 84.6 Å². The third kappa shape index (κ3) is 8.95. The summed E-state index contributed by atoms with van der Waals surface area (Å²) in [6.07, 6.45) is 0.764. The van der Waals surface area contributed by atoms with Crippen LogP contribution < -0.4 is 29.2 Å². The van der Waals surface area contributed by atoms with Crippen LogP contribution in [0.5, 0.6) is 46.0 Å². The maximum Gasteiger partial charge on any atom is 0.302 e. The number of fused-ring (bicyclic) bond motifs is 2. The molecule has 1 atom stereocenters. The topological polar surface area (TPSA) is 145 Å². The van der Waals surface area contributed by atoms with E-state index in [-0.39, 0.29) is 70.2 Å². The minimum absolute atomic E-state index is 0.0112. The molecule has 10 aromatic rings. The quantitative estimate of drug-likeness (QED) is 0.0310. The molecular formula is C68H54N4O9. The van der Waals surface area contributed by atoms with Gasteiger partial charge in [0, 0.05) is 63.1 Å². The lowest BCUT2D eigenvalue weighted by molar-refractivity contribution is -0.121. The zero-order valence-corrected chi connectivity index (χ0v) is 45.2. The zero-order chi connectivity index (χ0) is 56.2. The van der Waals surface area contributed by atoms with Crippen LogP contribution in [0.25, 0.3) is 47.9 Å². The predicted molar refractivity (Wildman–Crippen MR) is 313 cm³/mol. The van der Waals surface area contributed by atoms with E-state index in [9.17, 15) is 4.79 Å². The molecule has 0 aromatic heterocycles. The van der Waals surface area contributed by atoms with E-state index >= 15 is 19.2 Å². The molecule has 0 bridgehead atoms. The zero-order valence-electron chi connectivity index (χ0n) is 45.2. The number of hydrogen-bond donors (Lipinski definition) is 1. The Morgan fingerprint density at radius 1 is 0.457 bits per heavy atom. The van der Waals surface area contributed by atoms with Crippen molar-refractivity contribution < 1.29 is 42.9 Å². The van der Waals surface area contributed by atoms with Crippen molar-refractivity contribution in [2.45, 2.75) is 65.3 Å².